The van der Waals surface area contributed by atoms with Gasteiger partial charge in [-0.2, -0.15) is 0 Å². The minimum absolute atomic E-state index is 0.710. The van der Waals surface area contributed by atoms with Crippen LogP contribution in [-0.4, -0.2) is 11.6 Å². The molecule has 1 aromatic rings. The summed E-state index contributed by atoms with van der Waals surface area (Å²) in [7, 11) is 0. The minimum atomic E-state index is 0.710. The molecule has 0 saturated carbocycles. The molecular formula is C8H5NO. The van der Waals surface area contributed by atoms with Crippen LogP contribution in [0.4, 0.5) is 0 Å². The average molecular weight is 131 g/mol. The molecule has 3 rings (SSSR count). The molecule has 0 saturated heterocycles. The molecule has 0 N–H and O–H groups in total. The molecule has 0 fully saturated rings. The van der Waals surface area contributed by atoms with Crippen molar-refractivity contribution in [2.24, 2.45) is 0 Å². The quantitative estimate of drug-likeness (QED) is 0.530. The van der Waals surface area contributed by atoms with Crippen molar-refractivity contribution in [3.63, 3.8) is 0 Å². The van der Waals surface area contributed by atoms with Gasteiger partial charge in [0.15, 0.2) is 0 Å². The maximum absolute atomic E-state index is 5.32. The van der Waals surface area contributed by atoms with Crippen molar-refractivity contribution < 1.29 is 4.74 Å². The summed E-state index contributed by atoms with van der Waals surface area (Å²) in [6.45, 7) is 0.710. The summed E-state index contributed by atoms with van der Waals surface area (Å²) >= 11 is 0. The molecule has 3 heterocycles. The number of pyridine rings is 1. The Morgan fingerprint density at radius 2 is 2.40 bits per heavy atom. The summed E-state index contributed by atoms with van der Waals surface area (Å²) in [5, 5.41) is 0. The van der Waals surface area contributed by atoms with Crippen LogP contribution < -0.4 is 4.74 Å². The Hall–Kier alpha value is -1.31. The molecule has 2 aliphatic rings. The van der Waals surface area contributed by atoms with Crippen LogP contribution in [0.2, 0.25) is 0 Å². The molecule has 10 heavy (non-hydrogen) atoms. The molecule has 0 amide bonds. The maximum Gasteiger partial charge on any atom is 0.145 e. The standard InChI is InChI=1S/C8H5NO/c1-2-7-8-5(4-10-7)3-6(1)9-8/h1-3H,4H2. The van der Waals surface area contributed by atoms with Crippen molar-refractivity contribution in [1.82, 2.24) is 4.98 Å². The molecule has 0 radical (unpaired) electrons. The Labute approximate surface area is 58.2 Å². The van der Waals surface area contributed by atoms with Crippen LogP contribution in [0.5, 0.6) is 5.75 Å². The van der Waals surface area contributed by atoms with Gasteiger partial charge in [0.1, 0.15) is 18.1 Å². The van der Waals surface area contributed by atoms with Crippen LogP contribution in [-0.2, 0) is 0 Å². The third kappa shape index (κ3) is 0.355. The third-order valence-electron chi connectivity index (χ3n) is 1.89. The van der Waals surface area contributed by atoms with Gasteiger partial charge < -0.3 is 4.74 Å². The van der Waals surface area contributed by atoms with Gasteiger partial charge in [-0.25, -0.2) is 4.98 Å². The highest BCUT2D eigenvalue weighted by Crippen LogP contribution is 2.36. The van der Waals surface area contributed by atoms with Gasteiger partial charge in [-0.1, -0.05) is 0 Å². The zero-order chi connectivity index (χ0) is 6.55. The number of fused-ring (bicyclic) bond motifs is 1. The fourth-order valence-corrected chi connectivity index (χ4v) is 1.40. The molecule has 0 unspecified atom stereocenters. The van der Waals surface area contributed by atoms with Gasteiger partial charge >= 0.3 is 0 Å². The largest absolute Gasteiger partial charge is 0.487 e. The number of hydrogen-bond acceptors (Lipinski definition) is 2. The second kappa shape index (κ2) is 1.24. The van der Waals surface area contributed by atoms with Gasteiger partial charge in [0.25, 0.3) is 0 Å². The summed E-state index contributed by atoms with van der Waals surface area (Å²) in [6.07, 6.45) is 2.08. The topological polar surface area (TPSA) is 22.1 Å². The Kier molecular flexibility index (Phi) is 0.556. The molecular weight excluding hydrogens is 126 g/mol. The summed E-state index contributed by atoms with van der Waals surface area (Å²) in [5.74, 6) is 0.938. The predicted molar refractivity (Wildman–Crippen MR) is 37.6 cm³/mol. The van der Waals surface area contributed by atoms with Crippen molar-refractivity contribution in [3.8, 4) is 5.75 Å². The van der Waals surface area contributed by atoms with Crippen LogP contribution in [0, 0.1) is 0 Å². The fraction of sp³-hybridized carbons (Fsp3) is 0.125. The number of ether oxygens (including phenoxy) is 1. The highest BCUT2D eigenvalue weighted by atomic mass is 16.5. The molecule has 2 heteroatoms. The van der Waals surface area contributed by atoms with E-state index in [1.165, 1.54) is 5.57 Å². The zero-order valence-electron chi connectivity index (χ0n) is 5.29. The molecule has 0 atom stereocenters. The fourth-order valence-electron chi connectivity index (χ4n) is 1.40. The lowest BCUT2D eigenvalue weighted by Gasteiger charge is -1.95. The van der Waals surface area contributed by atoms with Gasteiger partial charge in [0, 0.05) is 5.57 Å². The summed E-state index contributed by atoms with van der Waals surface area (Å²) in [4.78, 5) is 4.31. The number of rotatable bonds is 0. The Balaban J connectivity index is 2.50. The van der Waals surface area contributed by atoms with Crippen molar-refractivity contribution in [2.75, 3.05) is 6.61 Å². The molecule has 1 aromatic heterocycles. The third-order valence-corrected chi connectivity index (χ3v) is 1.89. The predicted octanol–water partition coefficient (Wildman–Crippen LogP) is 1.33. The van der Waals surface area contributed by atoms with Crippen molar-refractivity contribution in [3.05, 3.63) is 23.5 Å². The SMILES string of the molecule is C1=C2COc3ccc1nc32. The van der Waals surface area contributed by atoms with E-state index < -0.39 is 0 Å². The average Bonchev–Trinajstić information content (AvgIpc) is 2.38. The first-order valence-electron chi connectivity index (χ1n) is 3.28. The van der Waals surface area contributed by atoms with Gasteiger partial charge in [-0.3, -0.25) is 0 Å². The van der Waals surface area contributed by atoms with Crippen LogP contribution in [0.25, 0.3) is 11.6 Å². The van der Waals surface area contributed by atoms with Crippen LogP contribution in [0.1, 0.15) is 11.4 Å². The number of aromatic nitrogens is 1. The summed E-state index contributed by atoms with van der Waals surface area (Å²) in [6, 6.07) is 3.96. The van der Waals surface area contributed by atoms with Crippen LogP contribution in [0.15, 0.2) is 12.1 Å². The van der Waals surface area contributed by atoms with Gasteiger partial charge in [-0.05, 0) is 18.2 Å². The first kappa shape index (κ1) is 4.50. The van der Waals surface area contributed by atoms with Gasteiger partial charge in [-0.15, -0.1) is 0 Å². The van der Waals surface area contributed by atoms with Gasteiger partial charge in [0.05, 0.1) is 5.69 Å². The molecule has 2 bridgehead atoms. The van der Waals surface area contributed by atoms with E-state index in [0.29, 0.717) is 6.61 Å². The van der Waals surface area contributed by atoms with E-state index in [2.05, 4.69) is 11.1 Å². The Morgan fingerprint density at radius 3 is 3.40 bits per heavy atom. The monoisotopic (exact) mass is 131 g/mol. The van der Waals surface area contributed by atoms with Crippen LogP contribution >= 0.6 is 0 Å². The van der Waals surface area contributed by atoms with E-state index >= 15 is 0 Å². The highest BCUT2D eigenvalue weighted by molar-refractivity contribution is 5.88. The molecule has 0 aromatic carbocycles. The number of nitrogens with zero attached hydrogens (tertiary/aromatic N) is 1. The molecule has 0 aliphatic carbocycles. The van der Waals surface area contributed by atoms with E-state index in [-0.39, 0.29) is 0 Å². The van der Waals surface area contributed by atoms with E-state index in [1.54, 1.807) is 0 Å². The van der Waals surface area contributed by atoms with Crippen molar-refractivity contribution in [1.29, 1.82) is 0 Å². The lowest BCUT2D eigenvalue weighted by molar-refractivity contribution is 0.387. The first-order valence-corrected chi connectivity index (χ1v) is 3.28. The number of hydrogen-bond donors (Lipinski definition) is 0. The van der Waals surface area contributed by atoms with Crippen molar-refractivity contribution in [2.45, 2.75) is 0 Å². The zero-order valence-corrected chi connectivity index (χ0v) is 5.29. The van der Waals surface area contributed by atoms with E-state index in [9.17, 15) is 0 Å². The normalized spacial score (nSPS) is 17.0. The smallest absolute Gasteiger partial charge is 0.145 e. The molecule has 48 valence electrons. The van der Waals surface area contributed by atoms with E-state index in [1.807, 2.05) is 12.1 Å². The van der Waals surface area contributed by atoms with E-state index in [0.717, 1.165) is 17.1 Å². The van der Waals surface area contributed by atoms with Gasteiger partial charge in [0.2, 0.25) is 0 Å². The lowest BCUT2D eigenvalue weighted by Crippen LogP contribution is -1.87. The molecule has 2 nitrogen and oxygen atoms in total. The Bertz CT molecular complexity index is 341. The Morgan fingerprint density at radius 1 is 1.40 bits per heavy atom. The second-order valence-corrected chi connectivity index (χ2v) is 2.54. The van der Waals surface area contributed by atoms with E-state index in [4.69, 9.17) is 4.74 Å². The maximum atomic E-state index is 5.32. The second-order valence-electron chi connectivity index (χ2n) is 2.54. The highest BCUT2D eigenvalue weighted by Gasteiger charge is 2.23. The molecule has 2 aliphatic heterocycles. The summed E-state index contributed by atoms with van der Waals surface area (Å²) in [5.41, 5.74) is 3.35. The molecule has 0 spiro atoms. The first-order chi connectivity index (χ1) is 4.93. The lowest BCUT2D eigenvalue weighted by atomic mass is 10.2. The minimum Gasteiger partial charge on any atom is -0.487 e. The summed E-state index contributed by atoms with van der Waals surface area (Å²) < 4.78 is 5.32. The van der Waals surface area contributed by atoms with Crippen LogP contribution in [0.3, 0.4) is 0 Å². The van der Waals surface area contributed by atoms with Crippen molar-refractivity contribution >= 4 is 11.6 Å².